The van der Waals surface area contributed by atoms with E-state index in [2.05, 4.69) is 15.6 Å². The first-order valence-electron chi connectivity index (χ1n) is 8.48. The molecule has 27 heavy (non-hydrogen) atoms. The van der Waals surface area contributed by atoms with Crippen molar-refractivity contribution < 1.29 is 18.0 Å². The number of carbonyl (C=O) groups excluding carboxylic acids is 2. The van der Waals surface area contributed by atoms with Gasteiger partial charge in [0.15, 0.2) is 0 Å². The second kappa shape index (κ2) is 8.28. The molecule has 142 valence electrons. The lowest BCUT2D eigenvalue weighted by Crippen LogP contribution is -2.58. The number of amides is 2. The normalized spacial score (nSPS) is 17.9. The Hall–Kier alpha value is -2.78. The predicted octanol–water partition coefficient (Wildman–Crippen LogP) is 0.277. The van der Waals surface area contributed by atoms with E-state index in [1.165, 1.54) is 12.1 Å². The summed E-state index contributed by atoms with van der Waals surface area (Å²) in [6.45, 7) is 0.578. The van der Waals surface area contributed by atoms with E-state index in [1.807, 2.05) is 6.07 Å². The summed E-state index contributed by atoms with van der Waals surface area (Å²) in [5.41, 5.74) is 0.813. The number of hydrogen-bond donors (Lipinski definition) is 2. The van der Waals surface area contributed by atoms with E-state index in [-0.39, 0.29) is 31.0 Å². The van der Waals surface area contributed by atoms with Crippen molar-refractivity contribution in [3.8, 4) is 0 Å². The highest BCUT2D eigenvalue weighted by atomic mass is 32.2. The van der Waals surface area contributed by atoms with Crippen molar-refractivity contribution in [1.29, 1.82) is 0 Å². The molecule has 1 atom stereocenters. The summed E-state index contributed by atoms with van der Waals surface area (Å²) >= 11 is 0. The lowest BCUT2D eigenvalue weighted by Gasteiger charge is -2.33. The van der Waals surface area contributed by atoms with Crippen LogP contribution in [0.4, 0.5) is 0 Å². The van der Waals surface area contributed by atoms with E-state index in [0.717, 1.165) is 9.87 Å². The smallest absolute Gasteiger partial charge is 0.243 e. The average molecular weight is 388 g/mol. The monoisotopic (exact) mass is 388 g/mol. The maximum absolute atomic E-state index is 12.9. The van der Waals surface area contributed by atoms with Crippen molar-refractivity contribution in [1.82, 2.24) is 19.9 Å². The van der Waals surface area contributed by atoms with Crippen LogP contribution in [0.5, 0.6) is 0 Å². The molecule has 0 bridgehead atoms. The maximum atomic E-state index is 12.9. The molecule has 1 aliphatic heterocycles. The Bertz CT molecular complexity index is 903. The Balaban J connectivity index is 1.73. The van der Waals surface area contributed by atoms with Crippen LogP contribution in [0.2, 0.25) is 0 Å². The zero-order valence-electron chi connectivity index (χ0n) is 14.5. The molecule has 0 spiro atoms. The molecule has 0 saturated carbocycles. The van der Waals surface area contributed by atoms with Gasteiger partial charge in [-0.3, -0.25) is 14.6 Å². The largest absolute Gasteiger partial charge is 0.353 e. The summed E-state index contributed by atoms with van der Waals surface area (Å²) in [4.78, 5) is 28.7. The minimum atomic E-state index is -3.87. The fourth-order valence-corrected chi connectivity index (χ4v) is 4.46. The molecule has 1 aromatic heterocycles. The minimum Gasteiger partial charge on any atom is -0.353 e. The molecule has 3 rings (SSSR count). The number of sulfonamides is 1. The molecule has 0 aliphatic carbocycles. The fraction of sp³-hybridized carbons (Fsp3) is 0.278. The van der Waals surface area contributed by atoms with Gasteiger partial charge in [0.25, 0.3) is 0 Å². The molecule has 1 aromatic carbocycles. The van der Waals surface area contributed by atoms with Crippen molar-refractivity contribution in [2.75, 3.05) is 13.1 Å². The molecular formula is C18H20N4O4S. The highest BCUT2D eigenvalue weighted by Crippen LogP contribution is 2.21. The van der Waals surface area contributed by atoms with E-state index in [9.17, 15) is 18.0 Å². The number of aromatic nitrogens is 1. The third kappa shape index (κ3) is 4.50. The summed E-state index contributed by atoms with van der Waals surface area (Å²) in [5, 5.41) is 5.33. The van der Waals surface area contributed by atoms with Crippen LogP contribution in [0.1, 0.15) is 12.0 Å². The maximum Gasteiger partial charge on any atom is 0.243 e. The van der Waals surface area contributed by atoms with Crippen LogP contribution in [-0.2, 0) is 26.2 Å². The molecule has 9 heteroatoms. The minimum absolute atomic E-state index is 0.0977. The van der Waals surface area contributed by atoms with E-state index >= 15 is 0 Å². The number of nitrogens with one attached hydrogen (secondary N) is 2. The molecule has 2 N–H and O–H groups in total. The van der Waals surface area contributed by atoms with Gasteiger partial charge in [-0.05, 0) is 23.8 Å². The van der Waals surface area contributed by atoms with Gasteiger partial charge >= 0.3 is 0 Å². The molecule has 2 heterocycles. The number of carbonyl (C=O) groups is 2. The van der Waals surface area contributed by atoms with Gasteiger partial charge in [-0.2, -0.15) is 4.31 Å². The summed E-state index contributed by atoms with van der Waals surface area (Å²) in [7, 11) is -3.87. The van der Waals surface area contributed by atoms with Crippen LogP contribution in [0.15, 0.2) is 59.8 Å². The van der Waals surface area contributed by atoms with Crippen molar-refractivity contribution in [2.24, 2.45) is 0 Å². The van der Waals surface area contributed by atoms with Crippen LogP contribution >= 0.6 is 0 Å². The number of benzene rings is 1. The first-order chi connectivity index (χ1) is 13.0. The molecule has 2 aromatic rings. The van der Waals surface area contributed by atoms with Crippen LogP contribution < -0.4 is 10.6 Å². The topological polar surface area (TPSA) is 108 Å². The van der Waals surface area contributed by atoms with E-state index in [4.69, 9.17) is 0 Å². The number of piperazine rings is 1. The highest BCUT2D eigenvalue weighted by Gasteiger charge is 2.39. The summed E-state index contributed by atoms with van der Waals surface area (Å²) in [6, 6.07) is 10.4. The summed E-state index contributed by atoms with van der Waals surface area (Å²) in [6.07, 6.45) is 3.00. The van der Waals surface area contributed by atoms with Crippen LogP contribution in [0.25, 0.3) is 0 Å². The molecule has 2 amide bonds. The van der Waals surface area contributed by atoms with Gasteiger partial charge in [0, 0.05) is 32.0 Å². The summed E-state index contributed by atoms with van der Waals surface area (Å²) < 4.78 is 26.9. The Labute approximate surface area is 157 Å². The zero-order chi connectivity index (χ0) is 19.3. The Morgan fingerprint density at radius 2 is 2.00 bits per heavy atom. The summed E-state index contributed by atoms with van der Waals surface area (Å²) in [5.74, 6) is -0.883. The van der Waals surface area contributed by atoms with Crippen molar-refractivity contribution in [3.05, 3.63) is 60.4 Å². The van der Waals surface area contributed by atoms with E-state index in [0.29, 0.717) is 0 Å². The fourth-order valence-electron chi connectivity index (χ4n) is 2.85. The molecule has 1 aliphatic rings. The first kappa shape index (κ1) is 19.0. The average Bonchev–Trinajstić information content (AvgIpc) is 2.69. The molecule has 0 unspecified atom stereocenters. The van der Waals surface area contributed by atoms with Crippen molar-refractivity contribution in [3.63, 3.8) is 0 Å². The third-order valence-corrected chi connectivity index (χ3v) is 6.15. The van der Waals surface area contributed by atoms with Crippen molar-refractivity contribution >= 4 is 21.8 Å². The zero-order valence-corrected chi connectivity index (χ0v) is 15.4. The highest BCUT2D eigenvalue weighted by molar-refractivity contribution is 7.89. The molecule has 8 nitrogen and oxygen atoms in total. The van der Waals surface area contributed by atoms with Crippen LogP contribution in [0, 0.1) is 0 Å². The van der Waals surface area contributed by atoms with Gasteiger partial charge in [-0.25, -0.2) is 8.42 Å². The number of pyridine rings is 1. The first-order valence-corrected chi connectivity index (χ1v) is 9.93. The number of nitrogens with zero attached hydrogens (tertiary/aromatic N) is 2. The molecule has 1 saturated heterocycles. The predicted molar refractivity (Wildman–Crippen MR) is 97.8 cm³/mol. The van der Waals surface area contributed by atoms with Gasteiger partial charge in [-0.1, -0.05) is 24.3 Å². The van der Waals surface area contributed by atoms with Gasteiger partial charge in [0.05, 0.1) is 11.3 Å². The lowest BCUT2D eigenvalue weighted by molar-refractivity contribution is -0.131. The molecule has 0 radical (unpaired) electrons. The van der Waals surface area contributed by atoms with Gasteiger partial charge in [0.2, 0.25) is 21.8 Å². The van der Waals surface area contributed by atoms with E-state index in [1.54, 1.807) is 36.7 Å². The van der Waals surface area contributed by atoms with Crippen LogP contribution in [0.3, 0.4) is 0 Å². The third-order valence-electron chi connectivity index (χ3n) is 4.22. The molecule has 1 fully saturated rings. The second-order valence-corrected chi connectivity index (χ2v) is 7.97. The number of hydrogen-bond acceptors (Lipinski definition) is 5. The number of rotatable bonds is 6. The second-order valence-electron chi connectivity index (χ2n) is 6.08. The molecular weight excluding hydrogens is 368 g/mol. The Kier molecular flexibility index (Phi) is 5.82. The quantitative estimate of drug-likeness (QED) is 0.739. The Morgan fingerprint density at radius 1 is 1.22 bits per heavy atom. The van der Waals surface area contributed by atoms with Crippen LogP contribution in [-0.4, -0.2) is 48.7 Å². The van der Waals surface area contributed by atoms with Gasteiger partial charge < -0.3 is 10.6 Å². The standard InChI is InChI=1S/C18H20N4O4S/c23-17(21-13-14-5-4-8-19-12-14)11-16-18(24)20-9-10-22(16)27(25,26)15-6-2-1-3-7-15/h1-8,12,16H,9-11,13H2,(H,20,24)(H,21,23)/t16-/m1/s1. The lowest BCUT2D eigenvalue weighted by atomic mass is 10.1. The van der Waals surface area contributed by atoms with Gasteiger partial charge in [0.1, 0.15) is 6.04 Å². The van der Waals surface area contributed by atoms with Crippen molar-refractivity contribution in [2.45, 2.75) is 23.9 Å². The Morgan fingerprint density at radius 3 is 2.70 bits per heavy atom. The van der Waals surface area contributed by atoms with E-state index < -0.39 is 27.9 Å². The SMILES string of the molecule is O=C(C[C@@H]1C(=O)NCCN1S(=O)(=O)c1ccccc1)NCc1cccnc1. The van der Waals surface area contributed by atoms with Gasteiger partial charge in [-0.15, -0.1) is 0 Å².